The lowest BCUT2D eigenvalue weighted by Crippen LogP contribution is -2.44. The minimum Gasteiger partial charge on any atom is -0.468 e. The molecule has 1 unspecified atom stereocenters. The number of rotatable bonds is 3. The number of nitrogens with zero attached hydrogens (tertiary/aromatic N) is 1. The Bertz CT molecular complexity index is 912. The van der Waals surface area contributed by atoms with Crippen LogP contribution in [0.25, 0.3) is 16.7 Å². The molecule has 1 aliphatic rings. The monoisotopic (exact) mass is 393 g/mol. The Morgan fingerprint density at radius 1 is 0.966 bits per heavy atom. The lowest BCUT2D eigenvalue weighted by molar-refractivity contribution is -0.143. The second kappa shape index (κ2) is 8.52. The van der Waals surface area contributed by atoms with Crippen LogP contribution < -0.4 is 0 Å². The van der Waals surface area contributed by atoms with Gasteiger partial charge in [0.05, 0.1) is 13.0 Å². The summed E-state index contributed by atoms with van der Waals surface area (Å²) in [4.78, 5) is 26.5. The molecule has 2 aromatic rings. The Morgan fingerprint density at radius 3 is 2.28 bits per heavy atom. The highest BCUT2D eigenvalue weighted by Crippen LogP contribution is 2.32. The largest absolute Gasteiger partial charge is 0.468 e. The number of carbonyl (C=O) groups is 2. The fraction of sp³-hybridized carbons (Fsp3) is 0.333. The standard InChI is InChI=1S/C24H27NO4/c1-24(2,3)29-23(27)25-14-13-20(21(16-25)22(26)28-4)19-12-8-11-18(15-19)17-9-6-5-7-10-17/h5-13,15,21H,14,16H2,1-4H3. The molecule has 0 aliphatic carbocycles. The number of methoxy groups -OCH3 is 1. The molecule has 0 aromatic heterocycles. The molecule has 5 heteroatoms. The van der Waals surface area contributed by atoms with E-state index in [0.29, 0.717) is 6.54 Å². The van der Waals surface area contributed by atoms with Crippen LogP contribution in [0.5, 0.6) is 0 Å². The van der Waals surface area contributed by atoms with Crippen molar-refractivity contribution >= 4 is 17.6 Å². The van der Waals surface area contributed by atoms with Crippen molar-refractivity contribution in [1.29, 1.82) is 0 Å². The Hall–Kier alpha value is -3.08. The first-order chi connectivity index (χ1) is 13.8. The Kier molecular flexibility index (Phi) is 6.06. The van der Waals surface area contributed by atoms with Crippen LogP contribution in [0.3, 0.4) is 0 Å². The van der Waals surface area contributed by atoms with Crippen molar-refractivity contribution in [1.82, 2.24) is 4.90 Å². The molecule has 0 radical (unpaired) electrons. The number of ether oxygens (including phenoxy) is 2. The molecule has 1 amide bonds. The molecule has 0 saturated carbocycles. The zero-order valence-electron chi connectivity index (χ0n) is 17.3. The summed E-state index contributed by atoms with van der Waals surface area (Å²) >= 11 is 0. The Morgan fingerprint density at radius 2 is 1.62 bits per heavy atom. The quantitative estimate of drug-likeness (QED) is 0.705. The fourth-order valence-corrected chi connectivity index (χ4v) is 3.39. The molecule has 0 spiro atoms. The normalized spacial score (nSPS) is 16.8. The number of benzene rings is 2. The van der Waals surface area contributed by atoms with Gasteiger partial charge in [0.2, 0.25) is 0 Å². The minimum absolute atomic E-state index is 0.225. The van der Waals surface area contributed by atoms with Gasteiger partial charge < -0.3 is 14.4 Å². The third-order valence-corrected chi connectivity index (χ3v) is 4.75. The Labute approximate surface area is 171 Å². The summed E-state index contributed by atoms with van der Waals surface area (Å²) in [5.41, 5.74) is 3.41. The number of amides is 1. The predicted octanol–water partition coefficient (Wildman–Crippen LogP) is 4.78. The zero-order chi connectivity index (χ0) is 21.0. The van der Waals surface area contributed by atoms with E-state index in [2.05, 4.69) is 18.2 Å². The van der Waals surface area contributed by atoms with Gasteiger partial charge in [-0.15, -0.1) is 0 Å². The number of hydrogen-bond donors (Lipinski definition) is 0. The molecule has 0 saturated heterocycles. The van der Waals surface area contributed by atoms with E-state index in [1.807, 2.05) is 63.2 Å². The van der Waals surface area contributed by atoms with Crippen LogP contribution in [-0.2, 0) is 14.3 Å². The van der Waals surface area contributed by atoms with Crippen molar-refractivity contribution in [2.45, 2.75) is 26.4 Å². The molecule has 2 aromatic carbocycles. The molecule has 29 heavy (non-hydrogen) atoms. The van der Waals surface area contributed by atoms with Crippen molar-refractivity contribution in [3.05, 3.63) is 66.2 Å². The summed E-state index contributed by atoms with van der Waals surface area (Å²) in [6.07, 6.45) is 1.48. The van der Waals surface area contributed by atoms with E-state index in [9.17, 15) is 9.59 Å². The van der Waals surface area contributed by atoms with Gasteiger partial charge in [-0.05, 0) is 49.1 Å². The second-order valence-corrected chi connectivity index (χ2v) is 8.07. The molecule has 1 heterocycles. The smallest absolute Gasteiger partial charge is 0.410 e. The molecular formula is C24H27NO4. The van der Waals surface area contributed by atoms with E-state index < -0.39 is 17.6 Å². The van der Waals surface area contributed by atoms with E-state index in [0.717, 1.165) is 22.3 Å². The molecule has 5 nitrogen and oxygen atoms in total. The number of esters is 1. The molecule has 1 atom stereocenters. The average Bonchev–Trinajstić information content (AvgIpc) is 2.72. The zero-order valence-corrected chi connectivity index (χ0v) is 17.3. The second-order valence-electron chi connectivity index (χ2n) is 8.07. The summed E-state index contributed by atoms with van der Waals surface area (Å²) in [7, 11) is 1.37. The maximum atomic E-state index is 12.5. The van der Waals surface area contributed by atoms with Crippen molar-refractivity contribution in [2.24, 2.45) is 5.92 Å². The molecule has 0 bridgehead atoms. The average molecular weight is 393 g/mol. The lowest BCUT2D eigenvalue weighted by Gasteiger charge is -2.33. The summed E-state index contributed by atoms with van der Waals surface area (Å²) in [5, 5.41) is 0. The van der Waals surface area contributed by atoms with Crippen molar-refractivity contribution in [3.63, 3.8) is 0 Å². The van der Waals surface area contributed by atoms with E-state index >= 15 is 0 Å². The van der Waals surface area contributed by atoms with Crippen molar-refractivity contribution in [3.8, 4) is 11.1 Å². The highest BCUT2D eigenvalue weighted by molar-refractivity contribution is 5.91. The minimum atomic E-state index is -0.591. The maximum absolute atomic E-state index is 12.5. The number of carbonyl (C=O) groups excluding carboxylic acids is 2. The highest BCUT2D eigenvalue weighted by Gasteiger charge is 2.34. The predicted molar refractivity (Wildman–Crippen MR) is 113 cm³/mol. The van der Waals surface area contributed by atoms with Gasteiger partial charge in [-0.1, -0.05) is 54.6 Å². The van der Waals surface area contributed by atoms with E-state index in [4.69, 9.17) is 9.47 Å². The van der Waals surface area contributed by atoms with E-state index in [1.165, 1.54) is 12.0 Å². The first-order valence-electron chi connectivity index (χ1n) is 9.70. The summed E-state index contributed by atoms with van der Waals surface area (Å²) < 4.78 is 10.5. The molecule has 1 aliphatic heterocycles. The maximum Gasteiger partial charge on any atom is 0.410 e. The molecular weight excluding hydrogens is 366 g/mol. The summed E-state index contributed by atoms with van der Waals surface area (Å²) in [6.45, 7) is 6.07. The third-order valence-electron chi connectivity index (χ3n) is 4.75. The molecule has 0 N–H and O–H groups in total. The van der Waals surface area contributed by atoms with Gasteiger partial charge in [-0.2, -0.15) is 0 Å². The lowest BCUT2D eigenvalue weighted by atomic mass is 9.87. The fourth-order valence-electron chi connectivity index (χ4n) is 3.39. The summed E-state index contributed by atoms with van der Waals surface area (Å²) in [5.74, 6) is -0.929. The van der Waals surface area contributed by atoms with Gasteiger partial charge in [0.25, 0.3) is 0 Å². The first kappa shape index (κ1) is 20.6. The van der Waals surface area contributed by atoms with Gasteiger partial charge in [0.15, 0.2) is 0 Å². The van der Waals surface area contributed by atoms with Gasteiger partial charge in [0, 0.05) is 13.1 Å². The van der Waals surface area contributed by atoms with Gasteiger partial charge in [-0.25, -0.2) is 4.79 Å². The van der Waals surface area contributed by atoms with Crippen LogP contribution in [0.4, 0.5) is 4.79 Å². The van der Waals surface area contributed by atoms with Crippen molar-refractivity contribution < 1.29 is 19.1 Å². The van der Waals surface area contributed by atoms with Crippen LogP contribution in [0.1, 0.15) is 26.3 Å². The summed E-state index contributed by atoms with van der Waals surface area (Å²) in [6, 6.07) is 18.2. The van der Waals surface area contributed by atoms with Gasteiger partial charge in [0.1, 0.15) is 5.60 Å². The van der Waals surface area contributed by atoms with Crippen molar-refractivity contribution in [2.75, 3.05) is 20.2 Å². The highest BCUT2D eigenvalue weighted by atomic mass is 16.6. The molecule has 3 rings (SSSR count). The molecule has 152 valence electrons. The van der Waals surface area contributed by atoms with Crippen LogP contribution >= 0.6 is 0 Å². The Balaban J connectivity index is 1.91. The van der Waals surface area contributed by atoms with Crippen LogP contribution in [-0.4, -0.2) is 42.8 Å². The van der Waals surface area contributed by atoms with E-state index in [-0.39, 0.29) is 12.5 Å². The number of hydrogen-bond acceptors (Lipinski definition) is 4. The topological polar surface area (TPSA) is 55.8 Å². The molecule has 0 fully saturated rings. The van der Waals surface area contributed by atoms with Gasteiger partial charge in [-0.3, -0.25) is 4.79 Å². The van der Waals surface area contributed by atoms with Gasteiger partial charge >= 0.3 is 12.1 Å². The first-order valence-corrected chi connectivity index (χ1v) is 9.70. The SMILES string of the molecule is COC(=O)C1CN(C(=O)OC(C)(C)C)CC=C1c1cccc(-c2ccccc2)c1. The van der Waals surface area contributed by atoms with Crippen LogP contribution in [0, 0.1) is 5.92 Å². The van der Waals surface area contributed by atoms with Crippen LogP contribution in [0.2, 0.25) is 0 Å². The third kappa shape index (κ3) is 5.05. The van der Waals surface area contributed by atoms with Crippen LogP contribution in [0.15, 0.2) is 60.7 Å². The van der Waals surface area contributed by atoms with E-state index in [1.54, 1.807) is 0 Å².